The first-order valence-corrected chi connectivity index (χ1v) is 23.8. The second-order valence-electron chi connectivity index (χ2n) is 18.7. The molecule has 0 aliphatic heterocycles. The summed E-state index contributed by atoms with van der Waals surface area (Å²) >= 11 is 0. The highest BCUT2D eigenvalue weighted by molar-refractivity contribution is 6.65. The van der Waals surface area contributed by atoms with Crippen molar-refractivity contribution in [1.29, 1.82) is 0 Å². The summed E-state index contributed by atoms with van der Waals surface area (Å²) in [6.45, 7) is 0. The number of hydrogen-bond acceptors (Lipinski definition) is 2. The Morgan fingerprint density at radius 3 is 1.24 bits per heavy atom. The standard InChI is InChI=1S/C58H47B8NO/c59-48-45(38-22-18-34(19-23-38)32-10-3-1-4-11-32)49(60)53(64)56(52(48)63)67(57-54(65)50(61)46(51(62)55(57)66)39-24-20-35(21-25-39)33-12-5-2-6-13-33)40-29-26-37(27-30-40)41-16-9-17-44-47(41)43-31-28-36-14-7-8-15-42(36)58(43)68-44/h1-31H,59-66H2. The summed E-state index contributed by atoms with van der Waals surface area (Å²) in [6, 6.07) is 68.2. The van der Waals surface area contributed by atoms with Gasteiger partial charge in [0.1, 0.15) is 73.9 Å². The van der Waals surface area contributed by atoms with Crippen LogP contribution in [-0.2, 0) is 0 Å². The molecule has 10 heteroatoms. The Morgan fingerprint density at radius 2 is 0.735 bits per heavy atom. The van der Waals surface area contributed by atoms with Gasteiger partial charge < -0.3 is 9.32 Å². The molecule has 1 aromatic heterocycles. The van der Waals surface area contributed by atoms with Crippen LogP contribution in [0.2, 0.25) is 0 Å². The zero-order valence-corrected chi connectivity index (χ0v) is 40.3. The number of hydrogen-bond donors (Lipinski definition) is 0. The molecule has 0 bridgehead atoms. The van der Waals surface area contributed by atoms with Crippen molar-refractivity contribution in [1.82, 2.24) is 0 Å². The Bertz CT molecular complexity index is 3530. The van der Waals surface area contributed by atoms with Crippen LogP contribution >= 0.6 is 0 Å². The predicted molar refractivity (Wildman–Crippen MR) is 319 cm³/mol. The van der Waals surface area contributed by atoms with Gasteiger partial charge in [-0.3, -0.25) is 0 Å². The number of fused-ring (bicyclic) bond motifs is 5. The molecule has 0 unspecified atom stereocenters. The van der Waals surface area contributed by atoms with Gasteiger partial charge in [-0.2, -0.15) is 0 Å². The SMILES string of the molecule is Bc1c(B)c(N(c2ccc(-c3cccc4oc5c6ccccc6ccc5c34)cc2)c2c(B)c(B)c(-c3ccc(-c4ccccc4)cc3)c(B)c2B)c(B)c(B)c1-c1ccc(-c2ccccc2)cc1. The first-order valence-electron chi connectivity index (χ1n) is 23.8. The molecule has 0 aliphatic rings. The average molecular weight is 861 g/mol. The van der Waals surface area contributed by atoms with Crippen molar-refractivity contribution in [2.75, 3.05) is 4.90 Å². The van der Waals surface area contributed by atoms with E-state index >= 15 is 0 Å². The molecule has 0 fully saturated rings. The maximum Gasteiger partial charge on any atom is 0.143 e. The number of furan rings is 1. The summed E-state index contributed by atoms with van der Waals surface area (Å²) in [6.07, 6.45) is 0. The lowest BCUT2D eigenvalue weighted by molar-refractivity contribution is 0.673. The number of benzene rings is 10. The van der Waals surface area contributed by atoms with Gasteiger partial charge in [0.2, 0.25) is 0 Å². The molecular weight excluding hydrogens is 813 g/mol. The lowest BCUT2D eigenvalue weighted by atomic mass is 9.63. The van der Waals surface area contributed by atoms with Crippen molar-refractivity contribution in [2.45, 2.75) is 0 Å². The summed E-state index contributed by atoms with van der Waals surface area (Å²) in [4.78, 5) is 2.57. The molecule has 0 N–H and O–H groups in total. The summed E-state index contributed by atoms with van der Waals surface area (Å²) in [5.41, 5.74) is 28.0. The summed E-state index contributed by atoms with van der Waals surface area (Å²) in [5, 5.41) is 4.60. The summed E-state index contributed by atoms with van der Waals surface area (Å²) < 4.78 is 6.63. The van der Waals surface area contributed by atoms with E-state index < -0.39 is 0 Å². The molecule has 10 aromatic carbocycles. The molecule has 11 aromatic rings. The first-order chi connectivity index (χ1) is 33.1. The molecule has 0 saturated heterocycles. The minimum absolute atomic E-state index is 0.901. The van der Waals surface area contributed by atoms with Crippen molar-refractivity contribution in [2.24, 2.45) is 0 Å². The van der Waals surface area contributed by atoms with Crippen LogP contribution in [-0.4, -0.2) is 62.8 Å². The summed E-state index contributed by atoms with van der Waals surface area (Å²) in [5.74, 6) is 0. The van der Waals surface area contributed by atoms with E-state index in [4.69, 9.17) is 4.42 Å². The van der Waals surface area contributed by atoms with Crippen molar-refractivity contribution in [3.8, 4) is 55.6 Å². The topological polar surface area (TPSA) is 16.4 Å². The Labute approximate surface area is 407 Å². The second-order valence-corrected chi connectivity index (χ2v) is 18.7. The zero-order chi connectivity index (χ0) is 46.8. The Hall–Kier alpha value is -7.42. The largest absolute Gasteiger partial charge is 0.455 e. The van der Waals surface area contributed by atoms with Gasteiger partial charge in [0.15, 0.2) is 0 Å². The average Bonchev–Trinajstić information content (AvgIpc) is 3.78. The fraction of sp³-hybridized carbons (Fsp3) is 0. The van der Waals surface area contributed by atoms with Crippen LogP contribution in [0.25, 0.3) is 88.3 Å². The van der Waals surface area contributed by atoms with Gasteiger partial charge >= 0.3 is 0 Å². The van der Waals surface area contributed by atoms with Gasteiger partial charge in [0.25, 0.3) is 0 Å². The molecule has 0 saturated carbocycles. The van der Waals surface area contributed by atoms with Crippen LogP contribution < -0.4 is 48.6 Å². The molecule has 68 heavy (non-hydrogen) atoms. The smallest absolute Gasteiger partial charge is 0.143 e. The van der Waals surface area contributed by atoms with Crippen molar-refractivity contribution in [3.05, 3.63) is 188 Å². The van der Waals surface area contributed by atoms with Crippen molar-refractivity contribution in [3.63, 3.8) is 0 Å². The van der Waals surface area contributed by atoms with Gasteiger partial charge in [-0.15, -0.1) is 0 Å². The van der Waals surface area contributed by atoms with E-state index in [1.165, 1.54) is 105 Å². The van der Waals surface area contributed by atoms with Gasteiger partial charge in [0.05, 0.1) is 0 Å². The van der Waals surface area contributed by atoms with E-state index in [1.807, 2.05) is 0 Å². The predicted octanol–water partition coefficient (Wildman–Crippen LogP) is 2.61. The Morgan fingerprint density at radius 1 is 0.309 bits per heavy atom. The van der Waals surface area contributed by atoms with E-state index in [1.54, 1.807) is 0 Å². The molecule has 1 heterocycles. The molecule has 11 rings (SSSR count). The zero-order valence-electron chi connectivity index (χ0n) is 40.3. The van der Waals surface area contributed by atoms with E-state index in [-0.39, 0.29) is 0 Å². The van der Waals surface area contributed by atoms with Gasteiger partial charge in [-0.25, -0.2) is 0 Å². The third kappa shape index (κ3) is 7.17. The van der Waals surface area contributed by atoms with Crippen molar-refractivity contribution < 1.29 is 4.42 Å². The first kappa shape index (κ1) is 43.2. The highest BCUT2D eigenvalue weighted by atomic mass is 16.3. The van der Waals surface area contributed by atoms with Gasteiger partial charge in [0, 0.05) is 33.2 Å². The molecule has 0 spiro atoms. The molecule has 0 radical (unpaired) electrons. The van der Waals surface area contributed by atoms with E-state index in [0.717, 1.165) is 44.1 Å². The highest BCUT2D eigenvalue weighted by Gasteiger charge is 2.27. The van der Waals surface area contributed by atoms with Crippen LogP contribution in [0.5, 0.6) is 0 Å². The van der Waals surface area contributed by atoms with Gasteiger partial charge in [-0.1, -0.05) is 207 Å². The summed E-state index contributed by atoms with van der Waals surface area (Å²) in [7, 11) is 18.5. The Balaban J connectivity index is 1.08. The molecule has 0 amide bonds. The third-order valence-electron chi connectivity index (χ3n) is 15.0. The van der Waals surface area contributed by atoms with Gasteiger partial charge in [-0.05, 0) is 85.3 Å². The third-order valence-corrected chi connectivity index (χ3v) is 15.0. The fourth-order valence-corrected chi connectivity index (χ4v) is 11.0. The van der Waals surface area contributed by atoms with Crippen LogP contribution in [0.3, 0.4) is 0 Å². The normalized spacial score (nSPS) is 11.4. The maximum absolute atomic E-state index is 6.63. The van der Waals surface area contributed by atoms with E-state index in [2.05, 4.69) is 256 Å². The number of anilines is 3. The number of rotatable bonds is 8. The fourth-order valence-electron chi connectivity index (χ4n) is 11.0. The molecular formula is C58H47B8NO. The molecule has 0 aliphatic carbocycles. The van der Waals surface area contributed by atoms with Crippen LogP contribution in [0.1, 0.15) is 0 Å². The molecule has 0 atom stereocenters. The minimum atomic E-state index is 0.901. The lowest BCUT2D eigenvalue weighted by Gasteiger charge is -2.36. The quantitative estimate of drug-likeness (QED) is 0.219. The van der Waals surface area contributed by atoms with Crippen LogP contribution in [0.15, 0.2) is 192 Å². The number of nitrogens with zero attached hydrogens (tertiary/aromatic N) is 1. The highest BCUT2D eigenvalue weighted by Crippen LogP contribution is 2.41. The van der Waals surface area contributed by atoms with E-state index in [0.29, 0.717) is 0 Å². The van der Waals surface area contributed by atoms with Crippen molar-refractivity contribution >= 4 is 156 Å². The molecule has 314 valence electrons. The van der Waals surface area contributed by atoms with E-state index in [9.17, 15) is 0 Å². The maximum atomic E-state index is 6.63. The monoisotopic (exact) mass is 861 g/mol. The Kier molecular flexibility index (Phi) is 11.0. The lowest BCUT2D eigenvalue weighted by Crippen LogP contribution is -2.50. The van der Waals surface area contributed by atoms with Crippen LogP contribution in [0.4, 0.5) is 17.1 Å². The molecule has 2 nitrogen and oxygen atoms in total. The minimum Gasteiger partial charge on any atom is -0.455 e. The second kappa shape index (κ2) is 17.3. The van der Waals surface area contributed by atoms with Crippen LogP contribution in [0, 0.1) is 0 Å².